The molecule has 0 aliphatic heterocycles. The molecular formula is C25H27NO5. The summed E-state index contributed by atoms with van der Waals surface area (Å²) in [5, 5.41) is 20.8. The van der Waals surface area contributed by atoms with Crippen LogP contribution in [0.25, 0.3) is 0 Å². The Labute approximate surface area is 181 Å². The highest BCUT2D eigenvalue weighted by molar-refractivity contribution is 5.91. The number of amides is 1. The third-order valence-electron chi connectivity index (χ3n) is 5.05. The van der Waals surface area contributed by atoms with Crippen molar-refractivity contribution in [1.82, 2.24) is 4.90 Å². The first-order valence-corrected chi connectivity index (χ1v) is 10.3. The van der Waals surface area contributed by atoms with Gasteiger partial charge in [-0.1, -0.05) is 60.7 Å². The number of ketones is 1. The molecule has 3 rings (SSSR count). The van der Waals surface area contributed by atoms with E-state index in [1.54, 1.807) is 12.3 Å². The second-order valence-corrected chi connectivity index (χ2v) is 7.45. The number of furan rings is 1. The van der Waals surface area contributed by atoms with E-state index in [9.17, 15) is 19.8 Å². The Morgan fingerprint density at radius 1 is 0.806 bits per heavy atom. The monoisotopic (exact) mass is 421 g/mol. The molecule has 1 aromatic heterocycles. The Kier molecular flexibility index (Phi) is 8.15. The third kappa shape index (κ3) is 6.64. The molecule has 0 aliphatic carbocycles. The van der Waals surface area contributed by atoms with E-state index < -0.39 is 23.9 Å². The number of aliphatic hydroxyl groups is 2. The molecule has 0 unspecified atom stereocenters. The first-order valence-electron chi connectivity index (χ1n) is 10.3. The van der Waals surface area contributed by atoms with Crippen molar-refractivity contribution in [2.45, 2.75) is 44.6 Å². The van der Waals surface area contributed by atoms with Crippen LogP contribution in [-0.2, 0) is 29.1 Å². The standard InChI is InChI=1S/C25H27NO5/c27-22(15-7-13-21-14-8-16-31-21)23(28)24(29)25(30)26(17-19-9-3-1-4-10-19)18-20-11-5-2-6-12-20/h1-6,8-12,14,16,23-24,28-29H,7,13,15,17-18H2/t23-,24+/m0/s1. The summed E-state index contributed by atoms with van der Waals surface area (Å²) in [5.74, 6) is -0.498. The van der Waals surface area contributed by atoms with Gasteiger partial charge in [0.05, 0.1) is 6.26 Å². The van der Waals surface area contributed by atoms with Crippen LogP contribution in [-0.4, -0.2) is 39.0 Å². The van der Waals surface area contributed by atoms with Gasteiger partial charge in [-0.15, -0.1) is 0 Å². The van der Waals surface area contributed by atoms with Crippen LogP contribution in [0, 0.1) is 0 Å². The Morgan fingerprint density at radius 3 is 1.90 bits per heavy atom. The third-order valence-corrected chi connectivity index (χ3v) is 5.05. The number of aryl methyl sites for hydroxylation is 1. The lowest BCUT2D eigenvalue weighted by molar-refractivity contribution is -0.153. The first kappa shape index (κ1) is 22.5. The van der Waals surface area contributed by atoms with Crippen LogP contribution in [0.4, 0.5) is 0 Å². The summed E-state index contributed by atoms with van der Waals surface area (Å²) in [6.07, 6.45) is -0.973. The number of hydrogen-bond acceptors (Lipinski definition) is 5. The maximum atomic E-state index is 13.0. The van der Waals surface area contributed by atoms with Crippen LogP contribution < -0.4 is 0 Å². The van der Waals surface area contributed by atoms with Crippen molar-refractivity contribution in [2.75, 3.05) is 0 Å². The maximum Gasteiger partial charge on any atom is 0.255 e. The Morgan fingerprint density at radius 2 is 1.39 bits per heavy atom. The topological polar surface area (TPSA) is 91.0 Å². The molecule has 0 bridgehead atoms. The average Bonchev–Trinajstić information content (AvgIpc) is 3.32. The molecule has 6 heteroatoms. The highest BCUT2D eigenvalue weighted by Crippen LogP contribution is 2.14. The molecule has 0 spiro atoms. The minimum Gasteiger partial charge on any atom is -0.469 e. The van der Waals surface area contributed by atoms with Gasteiger partial charge in [0, 0.05) is 25.9 Å². The number of carbonyl (C=O) groups is 2. The smallest absolute Gasteiger partial charge is 0.255 e. The maximum absolute atomic E-state index is 13.0. The molecule has 2 N–H and O–H groups in total. The number of Topliss-reactive ketones (excluding diaryl/α,β-unsaturated/α-hetero) is 1. The molecule has 2 atom stereocenters. The first-order chi connectivity index (χ1) is 15.0. The van der Waals surface area contributed by atoms with Crippen LogP contribution in [0.5, 0.6) is 0 Å². The molecule has 0 fully saturated rings. The fourth-order valence-corrected chi connectivity index (χ4v) is 3.36. The largest absolute Gasteiger partial charge is 0.469 e. The average molecular weight is 421 g/mol. The lowest BCUT2D eigenvalue weighted by atomic mass is 10.0. The molecule has 6 nitrogen and oxygen atoms in total. The van der Waals surface area contributed by atoms with E-state index in [2.05, 4.69) is 0 Å². The van der Waals surface area contributed by atoms with Gasteiger partial charge in [0.2, 0.25) is 0 Å². The van der Waals surface area contributed by atoms with Gasteiger partial charge in [-0.25, -0.2) is 0 Å². The van der Waals surface area contributed by atoms with E-state index in [-0.39, 0.29) is 19.5 Å². The zero-order chi connectivity index (χ0) is 22.1. The molecule has 1 amide bonds. The quantitative estimate of drug-likeness (QED) is 0.496. The molecule has 162 valence electrons. The fraction of sp³-hybridized carbons (Fsp3) is 0.280. The Balaban J connectivity index is 1.64. The molecule has 31 heavy (non-hydrogen) atoms. The van der Waals surface area contributed by atoms with Crippen molar-refractivity contribution in [2.24, 2.45) is 0 Å². The highest BCUT2D eigenvalue weighted by Gasteiger charge is 2.33. The van der Waals surface area contributed by atoms with Gasteiger partial charge in [-0.2, -0.15) is 0 Å². The van der Waals surface area contributed by atoms with E-state index >= 15 is 0 Å². The predicted octanol–water partition coefficient (Wildman–Crippen LogP) is 3.12. The van der Waals surface area contributed by atoms with Crippen molar-refractivity contribution in [1.29, 1.82) is 0 Å². The second-order valence-electron chi connectivity index (χ2n) is 7.45. The summed E-state index contributed by atoms with van der Waals surface area (Å²) in [6.45, 7) is 0.510. The summed E-state index contributed by atoms with van der Waals surface area (Å²) in [6, 6.07) is 22.3. The molecule has 0 radical (unpaired) electrons. The van der Waals surface area contributed by atoms with Crippen molar-refractivity contribution in [3.05, 3.63) is 95.9 Å². The van der Waals surface area contributed by atoms with Crippen LogP contribution >= 0.6 is 0 Å². The molecule has 0 saturated heterocycles. The number of hydrogen-bond donors (Lipinski definition) is 2. The predicted molar refractivity (Wildman–Crippen MR) is 116 cm³/mol. The van der Waals surface area contributed by atoms with Crippen LogP contribution in [0.15, 0.2) is 83.5 Å². The van der Waals surface area contributed by atoms with Gasteiger partial charge in [0.1, 0.15) is 11.9 Å². The van der Waals surface area contributed by atoms with Gasteiger partial charge in [-0.05, 0) is 29.7 Å². The van der Waals surface area contributed by atoms with Gasteiger partial charge < -0.3 is 19.5 Å². The summed E-state index contributed by atoms with van der Waals surface area (Å²) in [5.41, 5.74) is 1.77. The van der Waals surface area contributed by atoms with Gasteiger partial charge in [-0.3, -0.25) is 9.59 Å². The fourth-order valence-electron chi connectivity index (χ4n) is 3.36. The summed E-state index contributed by atoms with van der Waals surface area (Å²) in [7, 11) is 0. The van der Waals surface area contributed by atoms with Gasteiger partial charge >= 0.3 is 0 Å². The van der Waals surface area contributed by atoms with Crippen LogP contribution in [0.3, 0.4) is 0 Å². The van der Waals surface area contributed by atoms with E-state index in [4.69, 9.17) is 4.42 Å². The van der Waals surface area contributed by atoms with E-state index in [1.165, 1.54) is 4.90 Å². The molecule has 0 saturated carbocycles. The number of aliphatic hydroxyl groups excluding tert-OH is 2. The molecule has 0 aliphatic rings. The number of nitrogens with zero attached hydrogens (tertiary/aromatic N) is 1. The normalized spacial score (nSPS) is 12.8. The Hall–Kier alpha value is -3.22. The van der Waals surface area contributed by atoms with Crippen molar-refractivity contribution in [3.8, 4) is 0 Å². The molecule has 3 aromatic rings. The lowest BCUT2D eigenvalue weighted by Crippen LogP contribution is -2.47. The van der Waals surface area contributed by atoms with Crippen molar-refractivity contribution >= 4 is 11.7 Å². The van der Waals surface area contributed by atoms with E-state index in [0.717, 1.165) is 16.9 Å². The number of rotatable bonds is 11. The van der Waals surface area contributed by atoms with Crippen molar-refractivity contribution < 1.29 is 24.2 Å². The summed E-state index contributed by atoms with van der Waals surface area (Å²) >= 11 is 0. The van der Waals surface area contributed by atoms with Gasteiger partial charge in [0.25, 0.3) is 5.91 Å². The SMILES string of the molecule is O=C(CCCc1ccco1)[C@H](O)[C@@H](O)C(=O)N(Cc1ccccc1)Cc1ccccc1. The Bertz CT molecular complexity index is 899. The molecule has 2 aromatic carbocycles. The molecule has 1 heterocycles. The van der Waals surface area contributed by atoms with Crippen LogP contribution in [0.2, 0.25) is 0 Å². The summed E-state index contributed by atoms with van der Waals surface area (Å²) in [4.78, 5) is 26.8. The number of carbonyl (C=O) groups excluding carboxylic acids is 2. The lowest BCUT2D eigenvalue weighted by Gasteiger charge is -2.27. The molecular weight excluding hydrogens is 394 g/mol. The second kappa shape index (κ2) is 11.2. The zero-order valence-corrected chi connectivity index (χ0v) is 17.3. The summed E-state index contributed by atoms with van der Waals surface area (Å²) < 4.78 is 5.22. The van der Waals surface area contributed by atoms with Gasteiger partial charge in [0.15, 0.2) is 11.9 Å². The van der Waals surface area contributed by atoms with Crippen molar-refractivity contribution in [3.63, 3.8) is 0 Å². The highest BCUT2D eigenvalue weighted by atomic mass is 16.3. The minimum absolute atomic E-state index is 0.0452. The zero-order valence-electron chi connectivity index (χ0n) is 17.3. The minimum atomic E-state index is -1.82. The van der Waals surface area contributed by atoms with E-state index in [0.29, 0.717) is 12.8 Å². The van der Waals surface area contributed by atoms with Crippen LogP contribution in [0.1, 0.15) is 29.7 Å². The van der Waals surface area contributed by atoms with E-state index in [1.807, 2.05) is 66.7 Å². The number of benzene rings is 2.